The number of aromatic nitrogens is 3. The molecule has 0 atom stereocenters. The lowest BCUT2D eigenvalue weighted by Crippen LogP contribution is -2.14. The molecule has 134 valence electrons. The van der Waals surface area contributed by atoms with Crippen LogP contribution in [0.2, 0.25) is 0 Å². The molecule has 0 saturated heterocycles. The van der Waals surface area contributed by atoms with Gasteiger partial charge in [0.15, 0.2) is 0 Å². The van der Waals surface area contributed by atoms with E-state index in [0.29, 0.717) is 16.5 Å². The van der Waals surface area contributed by atoms with Gasteiger partial charge < -0.3 is 10.4 Å². The minimum Gasteiger partial charge on any atom is -0.508 e. The minimum atomic E-state index is -0.410. The van der Waals surface area contributed by atoms with E-state index in [1.165, 1.54) is 22.1 Å². The second kappa shape index (κ2) is 6.93. The van der Waals surface area contributed by atoms with Crippen LogP contribution in [0, 0.1) is 0 Å². The monoisotopic (exact) mass is 378 g/mol. The van der Waals surface area contributed by atoms with Crippen LogP contribution in [0.15, 0.2) is 70.8 Å². The number of carbonyl (C=O) groups excluding carboxylic acids is 1. The molecule has 7 nitrogen and oxygen atoms in total. The lowest BCUT2D eigenvalue weighted by Gasteiger charge is -2.02. The Kier molecular flexibility index (Phi) is 4.31. The van der Waals surface area contributed by atoms with Crippen LogP contribution < -0.4 is 10.9 Å². The predicted molar refractivity (Wildman–Crippen MR) is 104 cm³/mol. The van der Waals surface area contributed by atoms with E-state index in [-0.39, 0.29) is 17.0 Å². The van der Waals surface area contributed by atoms with Crippen LogP contribution in [0.5, 0.6) is 5.75 Å². The number of aromatic hydroxyl groups is 1. The molecule has 0 aliphatic rings. The van der Waals surface area contributed by atoms with E-state index in [2.05, 4.69) is 15.4 Å². The van der Waals surface area contributed by atoms with Gasteiger partial charge in [-0.3, -0.25) is 14.7 Å². The van der Waals surface area contributed by atoms with Crippen molar-refractivity contribution in [2.75, 3.05) is 5.32 Å². The number of phenols is 1. The lowest BCUT2D eigenvalue weighted by atomic mass is 10.2. The molecule has 2 aromatic carbocycles. The highest BCUT2D eigenvalue weighted by Gasteiger charge is 2.15. The van der Waals surface area contributed by atoms with Crippen LogP contribution in [-0.2, 0) is 0 Å². The molecule has 0 spiro atoms. The number of H-pyrrole nitrogens is 1. The summed E-state index contributed by atoms with van der Waals surface area (Å²) in [5.41, 5.74) is 1.90. The molecule has 4 rings (SSSR count). The fourth-order valence-electron chi connectivity index (χ4n) is 2.51. The number of amides is 1. The fourth-order valence-corrected chi connectivity index (χ4v) is 3.30. The summed E-state index contributed by atoms with van der Waals surface area (Å²) in [5, 5.41) is 17.1. The van der Waals surface area contributed by atoms with Crippen LogP contribution in [0.3, 0.4) is 0 Å². The van der Waals surface area contributed by atoms with Crippen molar-refractivity contribution >= 4 is 22.9 Å². The maximum absolute atomic E-state index is 12.3. The van der Waals surface area contributed by atoms with E-state index < -0.39 is 5.91 Å². The molecule has 0 aliphatic carbocycles. The SMILES string of the molecule is O=C(Nc1ccccc1)c1cc(=O)n(-c2nc(-c3ccc(O)cc3)cs2)[nH]1. The van der Waals surface area contributed by atoms with Crippen LogP contribution in [0.25, 0.3) is 16.4 Å². The lowest BCUT2D eigenvalue weighted by molar-refractivity contribution is 0.102. The van der Waals surface area contributed by atoms with Gasteiger partial charge in [-0.05, 0) is 36.4 Å². The zero-order chi connectivity index (χ0) is 18.8. The van der Waals surface area contributed by atoms with E-state index >= 15 is 0 Å². The van der Waals surface area contributed by atoms with Crippen molar-refractivity contribution < 1.29 is 9.90 Å². The molecular formula is C19H14N4O3S. The van der Waals surface area contributed by atoms with Gasteiger partial charge in [0.05, 0.1) is 5.69 Å². The highest BCUT2D eigenvalue weighted by Crippen LogP contribution is 2.24. The van der Waals surface area contributed by atoms with E-state index in [1.54, 1.807) is 41.8 Å². The topological polar surface area (TPSA) is 100 Å². The van der Waals surface area contributed by atoms with E-state index in [0.717, 1.165) is 5.56 Å². The summed E-state index contributed by atoms with van der Waals surface area (Å²) in [6.07, 6.45) is 0. The molecular weight excluding hydrogens is 364 g/mol. The normalized spacial score (nSPS) is 10.7. The quantitative estimate of drug-likeness (QED) is 0.507. The Balaban J connectivity index is 1.59. The number of nitrogens with one attached hydrogen (secondary N) is 2. The summed E-state index contributed by atoms with van der Waals surface area (Å²) >= 11 is 1.27. The highest BCUT2D eigenvalue weighted by atomic mass is 32.1. The van der Waals surface area contributed by atoms with Gasteiger partial charge >= 0.3 is 0 Å². The molecule has 3 N–H and O–H groups in total. The minimum absolute atomic E-state index is 0.144. The molecule has 0 unspecified atom stereocenters. The third-order valence-corrected chi connectivity index (χ3v) is 4.67. The summed E-state index contributed by atoms with van der Waals surface area (Å²) in [6.45, 7) is 0. The Morgan fingerprint density at radius 3 is 2.59 bits per heavy atom. The van der Waals surface area contributed by atoms with Crippen LogP contribution in [-0.4, -0.2) is 25.8 Å². The van der Waals surface area contributed by atoms with E-state index in [4.69, 9.17) is 0 Å². The summed E-state index contributed by atoms with van der Waals surface area (Å²) < 4.78 is 1.23. The van der Waals surface area contributed by atoms with Gasteiger partial charge in [0, 0.05) is 22.7 Å². The first-order valence-electron chi connectivity index (χ1n) is 8.04. The molecule has 8 heteroatoms. The van der Waals surface area contributed by atoms with Crippen molar-refractivity contribution in [3.05, 3.63) is 82.1 Å². The number of anilines is 1. The highest BCUT2D eigenvalue weighted by molar-refractivity contribution is 7.12. The number of phenolic OH excluding ortho intramolecular Hbond substituents is 1. The van der Waals surface area contributed by atoms with Gasteiger partial charge in [-0.25, -0.2) is 4.98 Å². The first-order valence-corrected chi connectivity index (χ1v) is 8.92. The van der Waals surface area contributed by atoms with Gasteiger partial charge in [0.1, 0.15) is 11.4 Å². The zero-order valence-electron chi connectivity index (χ0n) is 13.9. The van der Waals surface area contributed by atoms with Crippen LogP contribution >= 0.6 is 11.3 Å². The number of aromatic amines is 1. The molecule has 1 amide bonds. The van der Waals surface area contributed by atoms with Crippen molar-refractivity contribution in [2.24, 2.45) is 0 Å². The fraction of sp³-hybridized carbons (Fsp3) is 0. The molecule has 0 bridgehead atoms. The third-order valence-electron chi connectivity index (χ3n) is 3.84. The smallest absolute Gasteiger partial charge is 0.274 e. The number of rotatable bonds is 4. The first-order chi connectivity index (χ1) is 13.1. The molecule has 4 aromatic rings. The third kappa shape index (κ3) is 3.51. The van der Waals surface area contributed by atoms with Crippen molar-refractivity contribution in [3.63, 3.8) is 0 Å². The predicted octanol–water partition coefficient (Wildman–Crippen LogP) is 3.25. The average molecular weight is 378 g/mol. The standard InChI is InChI=1S/C19H14N4O3S/c24-14-8-6-12(7-9-14)16-11-27-19(21-16)23-17(25)10-15(22-23)18(26)20-13-4-2-1-3-5-13/h1-11,22,24H,(H,20,26). The molecule has 0 saturated carbocycles. The Labute approximate surface area is 157 Å². The number of benzene rings is 2. The van der Waals surface area contributed by atoms with E-state index in [1.807, 2.05) is 18.2 Å². The number of para-hydroxylation sites is 1. The Hall–Kier alpha value is -3.65. The molecule has 27 heavy (non-hydrogen) atoms. The van der Waals surface area contributed by atoms with Crippen molar-refractivity contribution in [1.29, 1.82) is 0 Å². The molecule has 0 aliphatic heterocycles. The number of hydrogen-bond donors (Lipinski definition) is 3. The maximum Gasteiger partial charge on any atom is 0.274 e. The number of carbonyl (C=O) groups is 1. The molecule has 2 heterocycles. The molecule has 0 radical (unpaired) electrons. The van der Waals surface area contributed by atoms with Crippen LogP contribution in [0.1, 0.15) is 10.5 Å². The largest absolute Gasteiger partial charge is 0.508 e. The first kappa shape index (κ1) is 16.8. The average Bonchev–Trinajstić information content (AvgIpc) is 3.30. The van der Waals surface area contributed by atoms with Gasteiger partial charge in [-0.1, -0.05) is 18.2 Å². The number of hydrogen-bond acceptors (Lipinski definition) is 5. The van der Waals surface area contributed by atoms with Gasteiger partial charge in [0.25, 0.3) is 11.5 Å². The second-order valence-electron chi connectivity index (χ2n) is 5.73. The Morgan fingerprint density at radius 2 is 1.85 bits per heavy atom. The molecule has 2 aromatic heterocycles. The summed E-state index contributed by atoms with van der Waals surface area (Å²) in [7, 11) is 0. The van der Waals surface area contributed by atoms with E-state index in [9.17, 15) is 14.7 Å². The summed E-state index contributed by atoms with van der Waals surface area (Å²) in [6, 6.07) is 16.8. The molecule has 0 fully saturated rings. The van der Waals surface area contributed by atoms with Gasteiger partial charge in [0.2, 0.25) is 5.13 Å². The number of thiazole rings is 1. The summed E-state index contributed by atoms with van der Waals surface area (Å²) in [5.74, 6) is -0.240. The van der Waals surface area contributed by atoms with Gasteiger partial charge in [-0.2, -0.15) is 4.68 Å². The van der Waals surface area contributed by atoms with Crippen LogP contribution in [0.4, 0.5) is 5.69 Å². The zero-order valence-corrected chi connectivity index (χ0v) is 14.7. The van der Waals surface area contributed by atoms with Crippen molar-refractivity contribution in [3.8, 4) is 22.1 Å². The number of nitrogens with zero attached hydrogens (tertiary/aromatic N) is 2. The second-order valence-corrected chi connectivity index (χ2v) is 6.56. The summed E-state index contributed by atoms with van der Waals surface area (Å²) in [4.78, 5) is 29.0. The van der Waals surface area contributed by atoms with Crippen molar-refractivity contribution in [2.45, 2.75) is 0 Å². The van der Waals surface area contributed by atoms with Crippen molar-refractivity contribution in [1.82, 2.24) is 14.8 Å². The Bertz CT molecular complexity index is 1140. The Morgan fingerprint density at radius 1 is 1.11 bits per heavy atom. The van der Waals surface area contributed by atoms with Gasteiger partial charge in [-0.15, -0.1) is 11.3 Å². The maximum atomic E-state index is 12.3.